The summed E-state index contributed by atoms with van der Waals surface area (Å²) < 4.78 is 0. The molecule has 5 unspecified atom stereocenters. The topological polar surface area (TPSA) is 55.1 Å². The van der Waals surface area contributed by atoms with Crippen molar-refractivity contribution in [1.29, 1.82) is 0 Å². The standard InChI is InChI=1S/C16H28N2O/c17-9-13-3-1-2-4-15(13)16(19)18-10-14-8-11-5-6-12(14)7-11/h11-15H,1-10,17H2,(H,18,19). The summed E-state index contributed by atoms with van der Waals surface area (Å²) >= 11 is 0. The second kappa shape index (κ2) is 5.82. The van der Waals surface area contributed by atoms with Gasteiger partial charge in [0.05, 0.1) is 0 Å². The molecular formula is C16H28N2O. The van der Waals surface area contributed by atoms with E-state index in [0.717, 1.165) is 37.1 Å². The van der Waals surface area contributed by atoms with Crippen LogP contribution in [0.5, 0.6) is 0 Å². The van der Waals surface area contributed by atoms with Crippen molar-refractivity contribution in [3.05, 3.63) is 0 Å². The van der Waals surface area contributed by atoms with Gasteiger partial charge < -0.3 is 11.1 Å². The molecular weight excluding hydrogens is 236 g/mol. The van der Waals surface area contributed by atoms with Gasteiger partial charge in [0.15, 0.2) is 0 Å². The lowest BCUT2D eigenvalue weighted by Crippen LogP contribution is -2.41. The Hall–Kier alpha value is -0.570. The lowest BCUT2D eigenvalue weighted by atomic mass is 9.78. The maximum absolute atomic E-state index is 12.4. The highest BCUT2D eigenvalue weighted by molar-refractivity contribution is 5.79. The van der Waals surface area contributed by atoms with Crippen LogP contribution in [0.2, 0.25) is 0 Å². The fraction of sp³-hybridized carbons (Fsp3) is 0.938. The van der Waals surface area contributed by atoms with Gasteiger partial charge in [0.2, 0.25) is 5.91 Å². The average Bonchev–Trinajstić information content (AvgIpc) is 3.07. The summed E-state index contributed by atoms with van der Waals surface area (Å²) in [5.41, 5.74) is 5.82. The smallest absolute Gasteiger partial charge is 0.223 e. The van der Waals surface area contributed by atoms with Crippen molar-refractivity contribution in [2.45, 2.75) is 51.4 Å². The summed E-state index contributed by atoms with van der Waals surface area (Å²) in [4.78, 5) is 12.4. The molecule has 0 aliphatic heterocycles. The fourth-order valence-electron chi connectivity index (χ4n) is 4.82. The summed E-state index contributed by atoms with van der Waals surface area (Å²) in [7, 11) is 0. The van der Waals surface area contributed by atoms with Crippen LogP contribution in [0.25, 0.3) is 0 Å². The van der Waals surface area contributed by atoms with Crippen molar-refractivity contribution >= 4 is 5.91 Å². The number of fused-ring (bicyclic) bond motifs is 2. The minimum absolute atomic E-state index is 0.192. The zero-order valence-electron chi connectivity index (χ0n) is 11.9. The van der Waals surface area contributed by atoms with E-state index in [9.17, 15) is 4.79 Å². The molecule has 2 bridgehead atoms. The van der Waals surface area contributed by atoms with Crippen LogP contribution in [0, 0.1) is 29.6 Å². The van der Waals surface area contributed by atoms with Crippen LogP contribution in [-0.4, -0.2) is 19.0 Å². The van der Waals surface area contributed by atoms with Crippen LogP contribution < -0.4 is 11.1 Å². The molecule has 3 aliphatic rings. The van der Waals surface area contributed by atoms with Gasteiger partial charge in [-0.1, -0.05) is 19.3 Å². The lowest BCUT2D eigenvalue weighted by molar-refractivity contribution is -0.127. The van der Waals surface area contributed by atoms with E-state index in [0.29, 0.717) is 12.5 Å². The normalized spacial score (nSPS) is 41.4. The summed E-state index contributed by atoms with van der Waals surface area (Å²) in [6.45, 7) is 1.60. The molecule has 0 aromatic carbocycles. The first-order valence-electron chi connectivity index (χ1n) is 8.25. The molecule has 19 heavy (non-hydrogen) atoms. The highest BCUT2D eigenvalue weighted by Crippen LogP contribution is 2.48. The van der Waals surface area contributed by atoms with E-state index < -0.39 is 0 Å². The van der Waals surface area contributed by atoms with E-state index in [2.05, 4.69) is 5.32 Å². The highest BCUT2D eigenvalue weighted by atomic mass is 16.1. The summed E-state index contributed by atoms with van der Waals surface area (Å²) in [5.74, 6) is 3.55. The third-order valence-electron chi connectivity index (χ3n) is 5.97. The van der Waals surface area contributed by atoms with Crippen molar-refractivity contribution < 1.29 is 4.79 Å². The Morgan fingerprint density at radius 3 is 2.58 bits per heavy atom. The van der Waals surface area contributed by atoms with Crippen LogP contribution in [0.4, 0.5) is 0 Å². The van der Waals surface area contributed by atoms with Crippen LogP contribution in [0.1, 0.15) is 51.4 Å². The van der Waals surface area contributed by atoms with E-state index in [1.807, 2.05) is 0 Å². The van der Waals surface area contributed by atoms with Crippen molar-refractivity contribution in [2.75, 3.05) is 13.1 Å². The molecule has 3 saturated carbocycles. The van der Waals surface area contributed by atoms with Crippen LogP contribution in [-0.2, 0) is 4.79 Å². The first kappa shape index (κ1) is 13.4. The number of nitrogens with two attached hydrogens (primary N) is 1. The van der Waals surface area contributed by atoms with Gasteiger partial charge in [0, 0.05) is 12.5 Å². The van der Waals surface area contributed by atoms with E-state index in [4.69, 9.17) is 5.73 Å². The number of amides is 1. The van der Waals surface area contributed by atoms with E-state index >= 15 is 0 Å². The van der Waals surface area contributed by atoms with Crippen molar-refractivity contribution in [1.82, 2.24) is 5.32 Å². The number of carbonyl (C=O) groups excluding carboxylic acids is 1. The number of nitrogens with one attached hydrogen (secondary N) is 1. The number of hydrogen-bond acceptors (Lipinski definition) is 2. The number of hydrogen-bond donors (Lipinski definition) is 2. The minimum atomic E-state index is 0.192. The number of rotatable bonds is 4. The largest absolute Gasteiger partial charge is 0.356 e. The Morgan fingerprint density at radius 2 is 1.89 bits per heavy atom. The summed E-state index contributed by atoms with van der Waals surface area (Å²) in [5, 5.41) is 3.25. The average molecular weight is 264 g/mol. The molecule has 3 rings (SSSR count). The molecule has 1 amide bonds. The maximum atomic E-state index is 12.4. The molecule has 0 aromatic rings. The maximum Gasteiger partial charge on any atom is 0.223 e. The van der Waals surface area contributed by atoms with Crippen LogP contribution in [0.3, 0.4) is 0 Å². The molecule has 0 heterocycles. The molecule has 3 nitrogen and oxygen atoms in total. The third-order valence-corrected chi connectivity index (χ3v) is 5.97. The lowest BCUT2D eigenvalue weighted by Gasteiger charge is -2.30. The zero-order chi connectivity index (χ0) is 13.2. The minimum Gasteiger partial charge on any atom is -0.356 e. The quantitative estimate of drug-likeness (QED) is 0.818. The predicted molar refractivity (Wildman–Crippen MR) is 76.5 cm³/mol. The van der Waals surface area contributed by atoms with Gasteiger partial charge in [-0.25, -0.2) is 0 Å². The molecule has 3 N–H and O–H groups in total. The van der Waals surface area contributed by atoms with E-state index in [1.165, 1.54) is 38.5 Å². The predicted octanol–water partition coefficient (Wildman–Crippen LogP) is 2.30. The van der Waals surface area contributed by atoms with Gasteiger partial charge in [0.1, 0.15) is 0 Å². The van der Waals surface area contributed by atoms with Gasteiger partial charge in [-0.3, -0.25) is 4.79 Å². The molecule has 3 aliphatic carbocycles. The zero-order valence-corrected chi connectivity index (χ0v) is 11.9. The molecule has 0 radical (unpaired) electrons. The summed E-state index contributed by atoms with van der Waals surface area (Å²) in [6, 6.07) is 0. The van der Waals surface area contributed by atoms with Crippen molar-refractivity contribution in [3.8, 4) is 0 Å². The first-order valence-corrected chi connectivity index (χ1v) is 8.25. The van der Waals surface area contributed by atoms with Gasteiger partial charge in [0.25, 0.3) is 0 Å². The second-order valence-corrected chi connectivity index (χ2v) is 7.07. The van der Waals surface area contributed by atoms with Crippen molar-refractivity contribution in [2.24, 2.45) is 35.3 Å². The first-order chi connectivity index (χ1) is 9.28. The molecule has 3 heteroatoms. The van der Waals surface area contributed by atoms with Crippen LogP contribution in [0.15, 0.2) is 0 Å². The Bertz CT molecular complexity index is 331. The van der Waals surface area contributed by atoms with Gasteiger partial charge in [-0.05, 0) is 62.3 Å². The van der Waals surface area contributed by atoms with Crippen molar-refractivity contribution in [3.63, 3.8) is 0 Å². The van der Waals surface area contributed by atoms with E-state index in [1.54, 1.807) is 0 Å². The molecule has 108 valence electrons. The Balaban J connectivity index is 1.48. The Labute approximate surface area is 116 Å². The molecule has 5 atom stereocenters. The molecule has 0 saturated heterocycles. The Kier molecular flexibility index (Phi) is 4.11. The number of carbonyl (C=O) groups is 1. The molecule has 0 spiro atoms. The summed E-state index contributed by atoms with van der Waals surface area (Å²) in [6.07, 6.45) is 10.3. The van der Waals surface area contributed by atoms with Gasteiger partial charge in [-0.2, -0.15) is 0 Å². The van der Waals surface area contributed by atoms with Gasteiger partial charge >= 0.3 is 0 Å². The van der Waals surface area contributed by atoms with Gasteiger partial charge in [-0.15, -0.1) is 0 Å². The van der Waals surface area contributed by atoms with Crippen LogP contribution >= 0.6 is 0 Å². The monoisotopic (exact) mass is 264 g/mol. The fourth-order valence-corrected chi connectivity index (χ4v) is 4.82. The highest BCUT2D eigenvalue weighted by Gasteiger charge is 2.39. The molecule has 0 aromatic heterocycles. The Morgan fingerprint density at radius 1 is 1.05 bits per heavy atom. The van der Waals surface area contributed by atoms with E-state index in [-0.39, 0.29) is 11.8 Å². The molecule has 3 fully saturated rings. The third kappa shape index (κ3) is 2.81. The second-order valence-electron chi connectivity index (χ2n) is 7.07. The SMILES string of the molecule is NCC1CCCCC1C(=O)NCC1CC2CCC1C2.